The summed E-state index contributed by atoms with van der Waals surface area (Å²) < 4.78 is 5.38. The molecule has 1 atom stereocenters. The normalized spacial score (nSPS) is 15.7. The molecule has 0 unspecified atom stereocenters. The molecule has 1 aromatic heterocycles. The minimum atomic E-state index is -0.817. The molecule has 4 aromatic rings. The summed E-state index contributed by atoms with van der Waals surface area (Å²) in [5.74, 6) is -0.665. The van der Waals surface area contributed by atoms with Crippen LogP contribution in [0, 0.1) is 0 Å². The highest BCUT2D eigenvalue weighted by Crippen LogP contribution is 2.35. The Hall–Kier alpha value is -4.38. The van der Waals surface area contributed by atoms with Crippen molar-refractivity contribution in [2.75, 3.05) is 44.7 Å². The van der Waals surface area contributed by atoms with Crippen molar-refractivity contribution in [2.24, 2.45) is 0 Å². The van der Waals surface area contributed by atoms with Gasteiger partial charge in [-0.15, -0.1) is 11.3 Å². The van der Waals surface area contributed by atoms with E-state index in [0.29, 0.717) is 29.3 Å². The van der Waals surface area contributed by atoms with Crippen LogP contribution < -0.4 is 10.6 Å². The van der Waals surface area contributed by atoms with E-state index in [2.05, 4.69) is 20.5 Å². The third-order valence-corrected chi connectivity index (χ3v) is 8.24. The molecule has 2 aliphatic rings. The number of benzene rings is 3. The summed E-state index contributed by atoms with van der Waals surface area (Å²) >= 11 is 1.33. The van der Waals surface area contributed by atoms with Gasteiger partial charge in [-0.05, 0) is 40.5 Å². The van der Waals surface area contributed by atoms with E-state index in [1.54, 1.807) is 22.5 Å². The SMILES string of the molecule is O=C(NCCN1CCOCC1)c1cccc(-c2ccc3c(c2)C(=O)N([C@@H](C(=O)Nc2nccs2)c2ccccc2)C3)c1. The van der Waals surface area contributed by atoms with Crippen LogP contribution in [0.4, 0.5) is 5.13 Å². The van der Waals surface area contributed by atoms with E-state index < -0.39 is 6.04 Å². The molecule has 0 bridgehead atoms. The molecule has 10 heteroatoms. The van der Waals surface area contributed by atoms with Gasteiger partial charge in [0.15, 0.2) is 5.13 Å². The number of carbonyl (C=O) groups excluding carboxylic acids is 3. The number of nitrogens with zero attached hydrogens (tertiary/aromatic N) is 3. The zero-order valence-corrected chi connectivity index (χ0v) is 23.8. The number of thiazole rings is 1. The van der Waals surface area contributed by atoms with Crippen LogP contribution in [0.5, 0.6) is 0 Å². The number of amides is 3. The van der Waals surface area contributed by atoms with E-state index >= 15 is 0 Å². The zero-order valence-electron chi connectivity index (χ0n) is 23.0. The number of carbonyl (C=O) groups is 3. The van der Waals surface area contributed by atoms with Gasteiger partial charge in [-0.3, -0.25) is 24.6 Å². The third kappa shape index (κ3) is 6.11. The summed E-state index contributed by atoms with van der Waals surface area (Å²) in [6, 6.07) is 21.6. The van der Waals surface area contributed by atoms with Crippen LogP contribution in [-0.4, -0.2) is 71.9 Å². The minimum absolute atomic E-state index is 0.134. The quantitative estimate of drug-likeness (QED) is 0.307. The molecule has 2 N–H and O–H groups in total. The highest BCUT2D eigenvalue weighted by atomic mass is 32.1. The van der Waals surface area contributed by atoms with E-state index in [1.165, 1.54) is 11.3 Å². The first kappa shape index (κ1) is 27.8. The summed E-state index contributed by atoms with van der Waals surface area (Å²) in [4.78, 5) is 48.2. The fourth-order valence-corrected chi connectivity index (χ4v) is 5.90. The van der Waals surface area contributed by atoms with Crippen LogP contribution in [0.25, 0.3) is 11.1 Å². The molecule has 1 saturated heterocycles. The Morgan fingerprint density at radius 1 is 0.976 bits per heavy atom. The molecular weight excluding hydrogens is 550 g/mol. The lowest BCUT2D eigenvalue weighted by atomic mass is 9.99. The Morgan fingerprint density at radius 3 is 2.57 bits per heavy atom. The fourth-order valence-electron chi connectivity index (χ4n) is 5.37. The topological polar surface area (TPSA) is 104 Å². The van der Waals surface area contributed by atoms with Crippen LogP contribution >= 0.6 is 11.3 Å². The van der Waals surface area contributed by atoms with Crippen LogP contribution in [-0.2, 0) is 16.1 Å². The Kier molecular flexibility index (Phi) is 8.36. The summed E-state index contributed by atoms with van der Waals surface area (Å²) in [5.41, 5.74) is 4.35. The summed E-state index contributed by atoms with van der Waals surface area (Å²) in [6.45, 7) is 4.86. The lowest BCUT2D eigenvalue weighted by Gasteiger charge is -2.27. The third-order valence-electron chi connectivity index (χ3n) is 7.55. The summed E-state index contributed by atoms with van der Waals surface area (Å²) in [7, 11) is 0. The molecule has 0 aliphatic carbocycles. The number of fused-ring (bicyclic) bond motifs is 1. The number of hydrogen-bond acceptors (Lipinski definition) is 7. The van der Waals surface area contributed by atoms with Gasteiger partial charge in [0, 0.05) is 55.4 Å². The predicted molar refractivity (Wildman–Crippen MR) is 161 cm³/mol. The van der Waals surface area contributed by atoms with Crippen molar-refractivity contribution in [3.63, 3.8) is 0 Å². The maximum Gasteiger partial charge on any atom is 0.255 e. The van der Waals surface area contributed by atoms with Crippen molar-refractivity contribution < 1.29 is 19.1 Å². The molecule has 0 spiro atoms. The highest BCUT2D eigenvalue weighted by Gasteiger charge is 2.37. The van der Waals surface area contributed by atoms with Gasteiger partial charge < -0.3 is 15.0 Å². The Balaban J connectivity index is 1.19. The van der Waals surface area contributed by atoms with Gasteiger partial charge in [-0.25, -0.2) is 4.98 Å². The van der Waals surface area contributed by atoms with Crippen molar-refractivity contribution >= 4 is 34.2 Å². The second-order valence-corrected chi connectivity index (χ2v) is 11.1. The van der Waals surface area contributed by atoms with Gasteiger partial charge >= 0.3 is 0 Å². The van der Waals surface area contributed by atoms with Gasteiger partial charge in [-0.2, -0.15) is 0 Å². The van der Waals surface area contributed by atoms with E-state index in [9.17, 15) is 14.4 Å². The predicted octanol–water partition coefficient (Wildman–Crippen LogP) is 4.21. The van der Waals surface area contributed by atoms with Gasteiger partial charge in [0.05, 0.1) is 13.2 Å². The number of aromatic nitrogens is 1. The smallest absolute Gasteiger partial charge is 0.255 e. The van der Waals surface area contributed by atoms with Crippen LogP contribution in [0.3, 0.4) is 0 Å². The molecule has 42 heavy (non-hydrogen) atoms. The number of hydrogen-bond donors (Lipinski definition) is 2. The van der Waals surface area contributed by atoms with E-state index in [4.69, 9.17) is 4.74 Å². The van der Waals surface area contributed by atoms with Crippen molar-refractivity contribution in [3.05, 3.63) is 107 Å². The van der Waals surface area contributed by atoms with E-state index in [1.807, 2.05) is 66.7 Å². The Bertz CT molecular complexity index is 1570. The number of rotatable bonds is 9. The molecule has 6 rings (SSSR count). The lowest BCUT2D eigenvalue weighted by molar-refractivity contribution is -0.120. The molecule has 214 valence electrons. The standard InChI is InChI=1S/C32H31N5O4S/c38-29(33-11-13-36-14-16-41-17-15-36)25-8-4-7-23(19-25)24-9-10-26-21-37(31(40)27(26)20-24)28(22-5-2-1-3-6-22)30(39)35-32-34-12-18-42-32/h1-10,12,18-20,28H,11,13-17,21H2,(H,33,38)(H,34,35,39)/t28-/m1/s1. The van der Waals surface area contributed by atoms with E-state index in [0.717, 1.165) is 55.1 Å². The highest BCUT2D eigenvalue weighted by molar-refractivity contribution is 7.13. The monoisotopic (exact) mass is 581 g/mol. The van der Waals surface area contributed by atoms with Crippen LogP contribution in [0.1, 0.15) is 37.9 Å². The summed E-state index contributed by atoms with van der Waals surface area (Å²) in [5, 5.41) is 8.14. The molecule has 3 heterocycles. The Morgan fingerprint density at radius 2 is 1.79 bits per heavy atom. The molecule has 3 amide bonds. The average Bonchev–Trinajstić information content (AvgIpc) is 3.66. The number of anilines is 1. The number of nitrogens with one attached hydrogen (secondary N) is 2. The van der Waals surface area contributed by atoms with Gasteiger partial charge in [0.25, 0.3) is 17.7 Å². The Labute approximate surface area is 248 Å². The zero-order chi connectivity index (χ0) is 28.9. The van der Waals surface area contributed by atoms with E-state index in [-0.39, 0.29) is 17.7 Å². The minimum Gasteiger partial charge on any atom is -0.379 e. The molecule has 2 aliphatic heterocycles. The van der Waals surface area contributed by atoms with Crippen molar-refractivity contribution in [1.29, 1.82) is 0 Å². The maximum atomic E-state index is 13.8. The number of ether oxygens (including phenoxy) is 1. The largest absolute Gasteiger partial charge is 0.379 e. The second-order valence-electron chi connectivity index (χ2n) is 10.2. The molecular formula is C32H31N5O4S. The molecule has 0 radical (unpaired) electrons. The number of morpholine rings is 1. The molecule has 9 nitrogen and oxygen atoms in total. The van der Waals surface area contributed by atoms with Crippen LogP contribution in [0.15, 0.2) is 84.4 Å². The van der Waals surface area contributed by atoms with Crippen molar-refractivity contribution in [2.45, 2.75) is 12.6 Å². The van der Waals surface area contributed by atoms with Crippen molar-refractivity contribution in [3.8, 4) is 11.1 Å². The van der Waals surface area contributed by atoms with Gasteiger partial charge in [0.2, 0.25) is 0 Å². The average molecular weight is 582 g/mol. The fraction of sp³-hybridized carbons (Fsp3) is 0.250. The van der Waals surface area contributed by atoms with Crippen LogP contribution in [0.2, 0.25) is 0 Å². The van der Waals surface area contributed by atoms with Crippen molar-refractivity contribution in [1.82, 2.24) is 20.1 Å². The molecule has 1 fully saturated rings. The summed E-state index contributed by atoms with van der Waals surface area (Å²) in [6.07, 6.45) is 1.63. The lowest BCUT2D eigenvalue weighted by Crippen LogP contribution is -2.41. The first-order chi connectivity index (χ1) is 20.6. The molecule has 3 aromatic carbocycles. The van der Waals surface area contributed by atoms with Gasteiger partial charge in [0.1, 0.15) is 6.04 Å². The molecule has 0 saturated carbocycles. The first-order valence-electron chi connectivity index (χ1n) is 13.9. The maximum absolute atomic E-state index is 13.8. The first-order valence-corrected chi connectivity index (χ1v) is 14.8. The van der Waals surface area contributed by atoms with Gasteiger partial charge in [-0.1, -0.05) is 54.6 Å². The second kappa shape index (κ2) is 12.6.